The van der Waals surface area contributed by atoms with Crippen molar-refractivity contribution in [1.82, 2.24) is 5.32 Å². The van der Waals surface area contributed by atoms with Gasteiger partial charge in [0.05, 0.1) is 13.2 Å². The van der Waals surface area contributed by atoms with Gasteiger partial charge in [0.2, 0.25) is 5.91 Å². The first kappa shape index (κ1) is 13.5. The Morgan fingerprint density at radius 1 is 1.47 bits per heavy atom. The molecule has 1 aliphatic carbocycles. The van der Waals surface area contributed by atoms with E-state index in [1.54, 1.807) is 6.92 Å². The third-order valence-corrected chi connectivity index (χ3v) is 3.31. The number of nitrogens with zero attached hydrogens (tertiary/aromatic N) is 1. The minimum Gasteiger partial charge on any atom is -0.467 e. The maximum atomic E-state index is 12.0. The zero-order valence-electron chi connectivity index (χ0n) is 10.3. The zero-order chi connectivity index (χ0) is 12.9. The van der Waals surface area contributed by atoms with E-state index in [9.17, 15) is 9.59 Å². The average molecular weight is 238 g/mol. The molecule has 0 aliphatic heterocycles. The highest BCUT2D eigenvalue weighted by Gasteiger charge is 2.42. The number of esters is 1. The molecule has 0 bridgehead atoms. The van der Waals surface area contributed by atoms with Crippen LogP contribution in [0.5, 0.6) is 0 Å². The Labute approximate surface area is 101 Å². The van der Waals surface area contributed by atoms with Crippen molar-refractivity contribution < 1.29 is 14.3 Å². The van der Waals surface area contributed by atoms with Crippen molar-refractivity contribution in [3.05, 3.63) is 0 Å². The van der Waals surface area contributed by atoms with E-state index < -0.39 is 17.4 Å². The van der Waals surface area contributed by atoms with Crippen LogP contribution < -0.4 is 5.32 Å². The van der Waals surface area contributed by atoms with E-state index in [1.165, 1.54) is 7.11 Å². The Hall–Kier alpha value is -1.57. The molecule has 0 spiro atoms. The number of rotatable bonds is 4. The number of hydrogen-bond acceptors (Lipinski definition) is 4. The second kappa shape index (κ2) is 5.67. The first-order chi connectivity index (χ1) is 8.09. The number of nitrogens with one attached hydrogen (secondary N) is 1. The molecule has 17 heavy (non-hydrogen) atoms. The van der Waals surface area contributed by atoms with Gasteiger partial charge in [-0.05, 0) is 19.3 Å². The van der Waals surface area contributed by atoms with Crippen molar-refractivity contribution in [2.75, 3.05) is 7.11 Å². The number of amides is 1. The number of carbonyl (C=O) groups excluding carboxylic acids is 2. The largest absolute Gasteiger partial charge is 0.467 e. The van der Waals surface area contributed by atoms with Gasteiger partial charge < -0.3 is 10.1 Å². The lowest BCUT2D eigenvalue weighted by Crippen LogP contribution is -2.47. The molecular formula is C12H18N2O3. The fraction of sp³-hybridized carbons (Fsp3) is 0.750. The zero-order valence-corrected chi connectivity index (χ0v) is 10.3. The minimum atomic E-state index is -0.943. The van der Waals surface area contributed by atoms with Gasteiger partial charge >= 0.3 is 5.97 Å². The fourth-order valence-electron chi connectivity index (χ4n) is 2.13. The first-order valence-corrected chi connectivity index (χ1v) is 5.89. The maximum Gasteiger partial charge on any atom is 0.328 e. The third-order valence-electron chi connectivity index (χ3n) is 3.31. The Kier molecular flexibility index (Phi) is 4.50. The second-order valence-corrected chi connectivity index (χ2v) is 4.36. The predicted molar refractivity (Wildman–Crippen MR) is 60.8 cm³/mol. The number of hydrogen-bond donors (Lipinski definition) is 1. The summed E-state index contributed by atoms with van der Waals surface area (Å²) in [5, 5.41) is 11.8. The van der Waals surface area contributed by atoms with Gasteiger partial charge in [0.25, 0.3) is 0 Å². The van der Waals surface area contributed by atoms with Crippen LogP contribution in [0.25, 0.3) is 0 Å². The van der Waals surface area contributed by atoms with E-state index in [4.69, 9.17) is 5.26 Å². The molecule has 5 nitrogen and oxygen atoms in total. The molecule has 0 saturated heterocycles. The van der Waals surface area contributed by atoms with Crippen LogP contribution >= 0.6 is 0 Å². The van der Waals surface area contributed by atoms with Gasteiger partial charge in [-0.25, -0.2) is 4.79 Å². The second-order valence-electron chi connectivity index (χ2n) is 4.36. The van der Waals surface area contributed by atoms with Crippen LogP contribution in [0.15, 0.2) is 0 Å². The number of methoxy groups -OCH3 is 1. The van der Waals surface area contributed by atoms with E-state index in [-0.39, 0.29) is 5.91 Å². The van der Waals surface area contributed by atoms with Crippen molar-refractivity contribution >= 4 is 11.9 Å². The summed E-state index contributed by atoms with van der Waals surface area (Å²) in [6, 6.07) is 1.45. The lowest BCUT2D eigenvalue weighted by Gasteiger charge is -2.22. The van der Waals surface area contributed by atoms with Gasteiger partial charge in [0, 0.05) is 0 Å². The summed E-state index contributed by atoms with van der Waals surface area (Å²) >= 11 is 0. The van der Waals surface area contributed by atoms with E-state index in [2.05, 4.69) is 16.1 Å². The van der Waals surface area contributed by atoms with Crippen LogP contribution in [0, 0.1) is 16.7 Å². The highest BCUT2D eigenvalue weighted by Crippen LogP contribution is 2.37. The van der Waals surface area contributed by atoms with Crippen molar-refractivity contribution in [2.24, 2.45) is 5.41 Å². The summed E-state index contributed by atoms with van der Waals surface area (Å²) in [5.74, 6) is -0.804. The van der Waals surface area contributed by atoms with Crippen LogP contribution in [0.3, 0.4) is 0 Å². The molecule has 1 rings (SSSR count). The van der Waals surface area contributed by atoms with E-state index in [1.807, 2.05) is 0 Å². The molecule has 1 N–H and O–H groups in total. The number of nitriles is 1. The highest BCUT2D eigenvalue weighted by molar-refractivity contribution is 5.90. The van der Waals surface area contributed by atoms with Gasteiger partial charge in [-0.1, -0.05) is 19.8 Å². The van der Waals surface area contributed by atoms with Gasteiger partial charge in [-0.15, -0.1) is 0 Å². The van der Waals surface area contributed by atoms with Gasteiger partial charge in [-0.3, -0.25) is 4.79 Å². The van der Waals surface area contributed by atoms with Crippen molar-refractivity contribution in [1.29, 1.82) is 5.26 Å². The van der Waals surface area contributed by atoms with E-state index in [0.717, 1.165) is 12.8 Å². The molecule has 0 aromatic carbocycles. The van der Waals surface area contributed by atoms with Gasteiger partial charge in [0.1, 0.15) is 11.5 Å². The summed E-state index contributed by atoms with van der Waals surface area (Å²) < 4.78 is 4.60. The highest BCUT2D eigenvalue weighted by atomic mass is 16.5. The third kappa shape index (κ3) is 2.76. The lowest BCUT2D eigenvalue weighted by molar-refractivity contribution is -0.146. The predicted octanol–water partition coefficient (Wildman–Crippen LogP) is 1.14. The standard InChI is InChI=1S/C12H18N2O3/c1-3-9(10(15)17-2)14-11(16)12(8-13)6-4-5-7-12/h9H,3-7H2,1-2H3,(H,14,16)/t9-/m1/s1. The van der Waals surface area contributed by atoms with Crippen LogP contribution in [-0.2, 0) is 14.3 Å². The molecule has 5 heteroatoms. The Morgan fingerprint density at radius 3 is 2.47 bits per heavy atom. The average Bonchev–Trinajstić information content (AvgIpc) is 2.84. The molecule has 0 aromatic rings. The summed E-state index contributed by atoms with van der Waals surface area (Å²) in [6.45, 7) is 1.79. The fourth-order valence-corrected chi connectivity index (χ4v) is 2.13. The van der Waals surface area contributed by atoms with E-state index >= 15 is 0 Å². The van der Waals surface area contributed by atoms with Gasteiger partial charge in [-0.2, -0.15) is 5.26 Å². The van der Waals surface area contributed by atoms with Crippen molar-refractivity contribution in [3.63, 3.8) is 0 Å². The summed E-state index contributed by atoms with van der Waals surface area (Å²) in [5.41, 5.74) is -0.943. The Morgan fingerprint density at radius 2 is 2.06 bits per heavy atom. The molecule has 0 unspecified atom stereocenters. The quantitative estimate of drug-likeness (QED) is 0.745. The maximum absolute atomic E-state index is 12.0. The molecule has 0 heterocycles. The smallest absolute Gasteiger partial charge is 0.328 e. The van der Waals surface area contributed by atoms with Crippen LogP contribution in [0.2, 0.25) is 0 Å². The van der Waals surface area contributed by atoms with Crippen molar-refractivity contribution in [2.45, 2.75) is 45.1 Å². The van der Waals surface area contributed by atoms with E-state index in [0.29, 0.717) is 19.3 Å². The first-order valence-electron chi connectivity index (χ1n) is 5.89. The molecule has 0 aromatic heterocycles. The summed E-state index contributed by atoms with van der Waals surface area (Å²) in [4.78, 5) is 23.4. The Balaban J connectivity index is 2.70. The summed E-state index contributed by atoms with van der Waals surface area (Å²) in [7, 11) is 1.28. The Bertz CT molecular complexity index is 340. The normalized spacial score (nSPS) is 19.1. The molecule has 1 aliphatic rings. The summed E-state index contributed by atoms with van der Waals surface area (Å²) in [6.07, 6.45) is 3.38. The van der Waals surface area contributed by atoms with Crippen LogP contribution in [-0.4, -0.2) is 25.0 Å². The van der Waals surface area contributed by atoms with Crippen LogP contribution in [0.1, 0.15) is 39.0 Å². The molecule has 1 fully saturated rings. The monoisotopic (exact) mass is 238 g/mol. The SMILES string of the molecule is CC[C@@H](NC(=O)C1(C#N)CCCC1)C(=O)OC. The number of carbonyl (C=O) groups is 2. The molecule has 1 atom stereocenters. The van der Waals surface area contributed by atoms with Crippen LogP contribution in [0.4, 0.5) is 0 Å². The van der Waals surface area contributed by atoms with Crippen molar-refractivity contribution in [3.8, 4) is 6.07 Å². The molecule has 1 saturated carbocycles. The topological polar surface area (TPSA) is 79.2 Å². The molecule has 0 radical (unpaired) electrons. The molecular weight excluding hydrogens is 220 g/mol. The number of ether oxygens (including phenoxy) is 1. The lowest BCUT2D eigenvalue weighted by atomic mass is 9.86. The molecule has 94 valence electrons. The molecule has 1 amide bonds. The minimum absolute atomic E-state index is 0.338. The van der Waals surface area contributed by atoms with Gasteiger partial charge in [0.15, 0.2) is 0 Å².